The standard InChI is InChI=1S/C11H12F3NO2S/c12-11(13,14)7-17-8-5-15(6-8)10(16)4-9-2-1-3-18-9/h1-3,8H,4-7H2. The summed E-state index contributed by atoms with van der Waals surface area (Å²) in [6.45, 7) is -0.745. The van der Waals surface area contributed by atoms with Gasteiger partial charge in [0, 0.05) is 18.0 Å². The van der Waals surface area contributed by atoms with Gasteiger partial charge in [0.15, 0.2) is 0 Å². The summed E-state index contributed by atoms with van der Waals surface area (Å²) in [7, 11) is 0. The molecular formula is C11H12F3NO2S. The average molecular weight is 279 g/mol. The molecule has 1 aliphatic heterocycles. The molecule has 0 bridgehead atoms. The smallest absolute Gasteiger partial charge is 0.365 e. The van der Waals surface area contributed by atoms with Crippen LogP contribution in [0.1, 0.15) is 4.88 Å². The Hall–Kier alpha value is -1.08. The molecule has 3 nitrogen and oxygen atoms in total. The Balaban J connectivity index is 1.68. The van der Waals surface area contributed by atoms with Crippen molar-refractivity contribution in [1.29, 1.82) is 0 Å². The van der Waals surface area contributed by atoms with E-state index < -0.39 is 18.9 Å². The Labute approximate surface area is 106 Å². The van der Waals surface area contributed by atoms with Gasteiger partial charge in [-0.05, 0) is 11.4 Å². The van der Waals surface area contributed by atoms with Gasteiger partial charge in [-0.15, -0.1) is 11.3 Å². The molecule has 0 aromatic carbocycles. The summed E-state index contributed by atoms with van der Waals surface area (Å²) in [5.41, 5.74) is 0. The van der Waals surface area contributed by atoms with Crippen molar-refractivity contribution in [2.75, 3.05) is 19.7 Å². The molecule has 0 N–H and O–H groups in total. The molecule has 1 fully saturated rings. The molecule has 18 heavy (non-hydrogen) atoms. The zero-order chi connectivity index (χ0) is 13.2. The van der Waals surface area contributed by atoms with Crippen LogP contribution in [-0.2, 0) is 16.0 Å². The molecule has 100 valence electrons. The van der Waals surface area contributed by atoms with Gasteiger partial charge in [-0.2, -0.15) is 13.2 Å². The summed E-state index contributed by atoms with van der Waals surface area (Å²) >= 11 is 1.49. The third kappa shape index (κ3) is 3.71. The molecule has 1 aromatic rings. The normalized spacial score (nSPS) is 16.7. The van der Waals surface area contributed by atoms with E-state index in [-0.39, 0.29) is 19.0 Å². The predicted molar refractivity (Wildman–Crippen MR) is 60.4 cm³/mol. The Morgan fingerprint density at radius 3 is 2.78 bits per heavy atom. The number of rotatable bonds is 4. The van der Waals surface area contributed by atoms with Crippen molar-refractivity contribution >= 4 is 17.2 Å². The Morgan fingerprint density at radius 1 is 1.50 bits per heavy atom. The van der Waals surface area contributed by atoms with E-state index in [2.05, 4.69) is 4.74 Å². The van der Waals surface area contributed by atoms with E-state index in [1.807, 2.05) is 17.5 Å². The zero-order valence-electron chi connectivity index (χ0n) is 9.44. The second kappa shape index (κ2) is 5.27. The van der Waals surface area contributed by atoms with Gasteiger partial charge in [0.05, 0.1) is 12.5 Å². The second-order valence-corrected chi connectivity index (χ2v) is 5.14. The van der Waals surface area contributed by atoms with E-state index >= 15 is 0 Å². The van der Waals surface area contributed by atoms with Crippen LogP contribution in [0.4, 0.5) is 13.2 Å². The molecule has 7 heteroatoms. The van der Waals surface area contributed by atoms with Crippen molar-refractivity contribution in [1.82, 2.24) is 4.90 Å². The zero-order valence-corrected chi connectivity index (χ0v) is 10.3. The van der Waals surface area contributed by atoms with Crippen LogP contribution >= 0.6 is 11.3 Å². The number of nitrogens with zero attached hydrogens (tertiary/aromatic N) is 1. The number of hydrogen-bond acceptors (Lipinski definition) is 3. The SMILES string of the molecule is O=C(Cc1cccs1)N1CC(OCC(F)(F)F)C1. The fraction of sp³-hybridized carbons (Fsp3) is 0.545. The molecule has 1 saturated heterocycles. The summed E-state index contributed by atoms with van der Waals surface area (Å²) in [6, 6.07) is 3.72. The third-order valence-electron chi connectivity index (χ3n) is 2.59. The number of likely N-dealkylation sites (tertiary alicyclic amines) is 1. The van der Waals surface area contributed by atoms with E-state index in [0.717, 1.165) is 4.88 Å². The molecule has 0 aliphatic carbocycles. The number of amides is 1. The molecule has 0 radical (unpaired) electrons. The lowest BCUT2D eigenvalue weighted by Gasteiger charge is -2.39. The van der Waals surface area contributed by atoms with Gasteiger partial charge < -0.3 is 9.64 Å². The molecule has 2 rings (SSSR count). The van der Waals surface area contributed by atoms with Crippen molar-refractivity contribution in [3.63, 3.8) is 0 Å². The Morgan fingerprint density at radius 2 is 2.22 bits per heavy atom. The molecule has 0 saturated carbocycles. The number of carbonyl (C=O) groups is 1. The van der Waals surface area contributed by atoms with Crippen LogP contribution < -0.4 is 0 Å². The van der Waals surface area contributed by atoms with Gasteiger partial charge in [0.25, 0.3) is 0 Å². The molecule has 0 unspecified atom stereocenters. The highest BCUT2D eigenvalue weighted by Crippen LogP contribution is 2.20. The first-order chi connectivity index (χ1) is 8.44. The van der Waals surface area contributed by atoms with Gasteiger partial charge in [-0.1, -0.05) is 6.07 Å². The van der Waals surface area contributed by atoms with Crippen LogP contribution in [0, 0.1) is 0 Å². The average Bonchev–Trinajstić information content (AvgIpc) is 2.65. The lowest BCUT2D eigenvalue weighted by atomic mass is 10.1. The third-order valence-corrected chi connectivity index (χ3v) is 3.47. The molecule has 1 aromatic heterocycles. The molecule has 1 amide bonds. The van der Waals surface area contributed by atoms with E-state index in [4.69, 9.17) is 0 Å². The maximum atomic E-state index is 11.9. The minimum absolute atomic E-state index is 0.0655. The molecule has 2 heterocycles. The maximum Gasteiger partial charge on any atom is 0.411 e. The van der Waals surface area contributed by atoms with Gasteiger partial charge in [-0.25, -0.2) is 0 Å². The minimum atomic E-state index is -4.30. The van der Waals surface area contributed by atoms with Crippen LogP contribution in [0.25, 0.3) is 0 Å². The summed E-state index contributed by atoms with van der Waals surface area (Å²) in [4.78, 5) is 14.2. The topological polar surface area (TPSA) is 29.5 Å². The first-order valence-electron chi connectivity index (χ1n) is 5.42. The lowest BCUT2D eigenvalue weighted by Crippen LogP contribution is -2.55. The Bertz CT molecular complexity index is 399. The summed E-state index contributed by atoms with van der Waals surface area (Å²) in [5.74, 6) is -0.0655. The number of hydrogen-bond donors (Lipinski definition) is 0. The van der Waals surface area contributed by atoms with Crippen LogP contribution in [-0.4, -0.2) is 42.8 Å². The molecular weight excluding hydrogens is 267 g/mol. The fourth-order valence-corrected chi connectivity index (χ4v) is 2.33. The largest absolute Gasteiger partial charge is 0.411 e. The van der Waals surface area contributed by atoms with Gasteiger partial charge in [0.2, 0.25) is 5.91 Å². The number of carbonyl (C=O) groups excluding carboxylic acids is 1. The van der Waals surface area contributed by atoms with Gasteiger partial charge in [-0.3, -0.25) is 4.79 Å². The van der Waals surface area contributed by atoms with E-state index in [1.165, 1.54) is 16.2 Å². The van der Waals surface area contributed by atoms with Crippen LogP contribution in [0.5, 0.6) is 0 Å². The summed E-state index contributed by atoms with van der Waals surface area (Å²) < 4.78 is 40.3. The van der Waals surface area contributed by atoms with Crippen molar-refractivity contribution < 1.29 is 22.7 Å². The van der Waals surface area contributed by atoms with Crippen LogP contribution in [0.2, 0.25) is 0 Å². The number of ether oxygens (including phenoxy) is 1. The quantitative estimate of drug-likeness (QED) is 0.844. The fourth-order valence-electron chi connectivity index (χ4n) is 1.63. The number of alkyl halides is 3. The minimum Gasteiger partial charge on any atom is -0.365 e. The molecule has 0 atom stereocenters. The highest BCUT2D eigenvalue weighted by Gasteiger charge is 2.35. The first kappa shape index (κ1) is 13.4. The van der Waals surface area contributed by atoms with Crippen molar-refractivity contribution in [2.45, 2.75) is 18.7 Å². The van der Waals surface area contributed by atoms with Gasteiger partial charge >= 0.3 is 6.18 Å². The van der Waals surface area contributed by atoms with Gasteiger partial charge in [0.1, 0.15) is 6.61 Å². The van der Waals surface area contributed by atoms with E-state index in [0.29, 0.717) is 6.42 Å². The molecule has 0 spiro atoms. The maximum absolute atomic E-state index is 11.9. The number of halogens is 3. The monoisotopic (exact) mass is 279 g/mol. The van der Waals surface area contributed by atoms with E-state index in [1.54, 1.807) is 0 Å². The summed E-state index contributed by atoms with van der Waals surface area (Å²) in [6.07, 6.45) is -4.48. The van der Waals surface area contributed by atoms with E-state index in [9.17, 15) is 18.0 Å². The highest BCUT2D eigenvalue weighted by molar-refractivity contribution is 7.10. The number of thiophene rings is 1. The van der Waals surface area contributed by atoms with Crippen molar-refractivity contribution in [3.8, 4) is 0 Å². The summed E-state index contributed by atoms with van der Waals surface area (Å²) in [5, 5.41) is 1.88. The van der Waals surface area contributed by atoms with Crippen molar-refractivity contribution in [3.05, 3.63) is 22.4 Å². The van der Waals surface area contributed by atoms with Crippen LogP contribution in [0.3, 0.4) is 0 Å². The second-order valence-electron chi connectivity index (χ2n) is 4.10. The highest BCUT2D eigenvalue weighted by atomic mass is 32.1. The van der Waals surface area contributed by atoms with Crippen molar-refractivity contribution in [2.24, 2.45) is 0 Å². The van der Waals surface area contributed by atoms with Crippen LogP contribution in [0.15, 0.2) is 17.5 Å². The Kier molecular flexibility index (Phi) is 3.91. The lowest BCUT2D eigenvalue weighted by molar-refractivity contribution is -0.199. The first-order valence-corrected chi connectivity index (χ1v) is 6.30. The predicted octanol–water partition coefficient (Wildman–Crippen LogP) is 2.08. The molecule has 1 aliphatic rings.